The van der Waals surface area contributed by atoms with Crippen molar-refractivity contribution in [2.75, 3.05) is 0 Å². The summed E-state index contributed by atoms with van der Waals surface area (Å²) < 4.78 is 0. The van der Waals surface area contributed by atoms with Gasteiger partial charge < -0.3 is 10.2 Å². The first-order chi connectivity index (χ1) is 5.75. The highest BCUT2D eigenvalue weighted by Crippen LogP contribution is 2.20. The number of aromatic hydroxyl groups is 2. The molecular weight excluding hydrogens is 152 g/mol. The van der Waals surface area contributed by atoms with Crippen molar-refractivity contribution in [2.45, 2.75) is 0 Å². The zero-order chi connectivity index (χ0) is 8.55. The fourth-order valence-corrected chi connectivity index (χ4v) is 1.09. The van der Waals surface area contributed by atoms with Gasteiger partial charge in [0.25, 0.3) is 0 Å². The Kier molecular flexibility index (Phi) is 1.31. The minimum Gasteiger partial charge on any atom is -0.508 e. The fraction of sp³-hybridized carbons (Fsp3) is 0. The Hall–Kier alpha value is -1.88. The summed E-state index contributed by atoms with van der Waals surface area (Å²) >= 11 is 0. The minimum absolute atomic E-state index is 0.0631. The average Bonchev–Trinajstić information content (AvgIpc) is 2.05. The van der Waals surface area contributed by atoms with Crippen molar-refractivity contribution in [2.24, 2.45) is 0 Å². The van der Waals surface area contributed by atoms with E-state index in [9.17, 15) is 0 Å². The van der Waals surface area contributed by atoms with E-state index in [1.54, 1.807) is 24.3 Å². The van der Waals surface area contributed by atoms with Crippen LogP contribution in [-0.4, -0.2) is 10.2 Å². The number of fused-ring (bicyclic) bond motifs is 1. The third-order valence-electron chi connectivity index (χ3n) is 1.65. The lowest BCUT2D eigenvalue weighted by atomic mass is 10.1. The lowest BCUT2D eigenvalue weighted by molar-refractivity contribution is 0.474. The van der Waals surface area contributed by atoms with Crippen LogP contribution in [0.15, 0.2) is 24.3 Å². The number of benzene rings is 1. The third kappa shape index (κ3) is 1.02. The van der Waals surface area contributed by atoms with E-state index < -0.39 is 0 Å². The number of phenols is 1. The predicted octanol–water partition coefficient (Wildman–Crippen LogP) is 1.85. The van der Waals surface area contributed by atoms with Gasteiger partial charge >= 0.3 is 0 Å². The van der Waals surface area contributed by atoms with Crippen LogP contribution in [0, 0.1) is 12.1 Å². The van der Waals surface area contributed by atoms with Crippen LogP contribution in [-0.2, 0) is 0 Å². The number of rotatable bonds is 0. The maximum absolute atomic E-state index is 9.10. The van der Waals surface area contributed by atoms with E-state index >= 15 is 0 Å². The van der Waals surface area contributed by atoms with Gasteiger partial charge in [-0.15, -0.1) is 0 Å². The average molecular weight is 158 g/mol. The Morgan fingerprint density at radius 1 is 1.00 bits per heavy atom. The van der Waals surface area contributed by atoms with Gasteiger partial charge in [0.05, 0.1) is 0 Å². The van der Waals surface area contributed by atoms with Crippen LogP contribution < -0.4 is 0 Å². The number of phenolic OH excluding ortho intramolecular Hbond substituents is 1. The van der Waals surface area contributed by atoms with E-state index in [0.29, 0.717) is 0 Å². The molecule has 0 unspecified atom stereocenters. The molecule has 2 rings (SSSR count). The molecule has 0 saturated heterocycles. The normalized spacial score (nSPS) is 9.67. The molecule has 0 fully saturated rings. The molecule has 2 aromatic carbocycles. The second-order valence-corrected chi connectivity index (χ2v) is 2.55. The highest BCUT2D eigenvalue weighted by atomic mass is 16.3. The SMILES string of the molecule is Oc1c#cc2cc(O)ccc2c1. The van der Waals surface area contributed by atoms with Gasteiger partial charge in [0.2, 0.25) is 0 Å². The maximum Gasteiger partial charge on any atom is 0.168 e. The zero-order valence-electron chi connectivity index (χ0n) is 6.20. The minimum atomic E-state index is 0.0631. The molecule has 0 heterocycles. The van der Waals surface area contributed by atoms with Gasteiger partial charge in [-0.1, -0.05) is 6.07 Å². The van der Waals surface area contributed by atoms with Gasteiger partial charge in [0, 0.05) is 5.39 Å². The summed E-state index contributed by atoms with van der Waals surface area (Å²) in [6.45, 7) is 0. The second kappa shape index (κ2) is 2.31. The first kappa shape index (κ1) is 6.81. The molecular formula is C10H6O2. The molecule has 0 aliphatic rings. The lowest BCUT2D eigenvalue weighted by Gasteiger charge is -1.94. The summed E-state index contributed by atoms with van der Waals surface area (Å²) in [5, 5.41) is 19.7. The summed E-state index contributed by atoms with van der Waals surface area (Å²) in [7, 11) is 0. The molecule has 2 aromatic rings. The predicted molar refractivity (Wildman–Crippen MR) is 44.9 cm³/mol. The first-order valence-electron chi connectivity index (χ1n) is 3.51. The van der Waals surface area contributed by atoms with Gasteiger partial charge in [-0.25, -0.2) is 0 Å². The molecule has 0 spiro atoms. The number of hydrogen-bond donors (Lipinski definition) is 2. The number of hydrogen-bond acceptors (Lipinski definition) is 2. The third-order valence-corrected chi connectivity index (χ3v) is 1.65. The van der Waals surface area contributed by atoms with E-state index in [0.717, 1.165) is 10.8 Å². The van der Waals surface area contributed by atoms with Crippen molar-refractivity contribution in [3.8, 4) is 11.5 Å². The van der Waals surface area contributed by atoms with Gasteiger partial charge in [0.15, 0.2) is 5.75 Å². The zero-order valence-corrected chi connectivity index (χ0v) is 6.20. The van der Waals surface area contributed by atoms with Gasteiger partial charge in [-0.2, -0.15) is 0 Å². The molecule has 2 nitrogen and oxygen atoms in total. The van der Waals surface area contributed by atoms with E-state index in [1.807, 2.05) is 0 Å². The topological polar surface area (TPSA) is 40.5 Å². The van der Waals surface area contributed by atoms with Crippen LogP contribution in [0.3, 0.4) is 0 Å². The van der Waals surface area contributed by atoms with Crippen molar-refractivity contribution in [1.82, 2.24) is 0 Å². The fourth-order valence-electron chi connectivity index (χ4n) is 1.09. The van der Waals surface area contributed by atoms with Crippen LogP contribution in [0.5, 0.6) is 11.5 Å². The molecule has 0 bridgehead atoms. The Morgan fingerprint density at radius 3 is 2.67 bits per heavy atom. The molecule has 0 saturated carbocycles. The van der Waals surface area contributed by atoms with Crippen LogP contribution >= 0.6 is 0 Å². The Bertz CT molecular complexity index is 380. The van der Waals surface area contributed by atoms with Crippen LogP contribution in [0.1, 0.15) is 0 Å². The molecule has 12 heavy (non-hydrogen) atoms. The summed E-state index contributed by atoms with van der Waals surface area (Å²) in [4.78, 5) is 0. The molecule has 2 N–H and O–H groups in total. The van der Waals surface area contributed by atoms with Crippen molar-refractivity contribution < 1.29 is 10.2 Å². The molecule has 0 atom stereocenters. The van der Waals surface area contributed by atoms with Gasteiger partial charge in [0.1, 0.15) is 5.75 Å². The monoisotopic (exact) mass is 158 g/mol. The van der Waals surface area contributed by atoms with Crippen LogP contribution in [0.25, 0.3) is 10.8 Å². The first-order valence-corrected chi connectivity index (χ1v) is 3.51. The van der Waals surface area contributed by atoms with E-state index in [2.05, 4.69) is 12.1 Å². The van der Waals surface area contributed by atoms with E-state index in [4.69, 9.17) is 10.2 Å². The molecule has 0 aromatic heterocycles. The van der Waals surface area contributed by atoms with Crippen molar-refractivity contribution in [3.05, 3.63) is 36.4 Å². The molecule has 0 aliphatic heterocycles. The Balaban J connectivity index is 2.79. The lowest BCUT2D eigenvalue weighted by Crippen LogP contribution is -1.69. The highest BCUT2D eigenvalue weighted by Gasteiger charge is 1.94. The van der Waals surface area contributed by atoms with Crippen molar-refractivity contribution in [3.63, 3.8) is 0 Å². The van der Waals surface area contributed by atoms with Crippen LogP contribution in [0.2, 0.25) is 0 Å². The van der Waals surface area contributed by atoms with E-state index in [1.165, 1.54) is 0 Å². The summed E-state index contributed by atoms with van der Waals surface area (Å²) in [6.07, 6.45) is 0. The summed E-state index contributed by atoms with van der Waals surface area (Å²) in [6, 6.07) is 11.7. The standard InChI is InChI=1S/C10H6O2/c11-9-3-1-7-5-10(12)4-2-8(7)6-9/h1,3,5-6,11-12H. The highest BCUT2D eigenvalue weighted by molar-refractivity contribution is 5.83. The largest absolute Gasteiger partial charge is 0.508 e. The quantitative estimate of drug-likeness (QED) is 0.614. The molecule has 58 valence electrons. The Labute approximate surface area is 69.7 Å². The smallest absolute Gasteiger partial charge is 0.168 e. The molecule has 2 heteroatoms. The van der Waals surface area contributed by atoms with Gasteiger partial charge in [-0.05, 0) is 35.7 Å². The van der Waals surface area contributed by atoms with Crippen molar-refractivity contribution in [1.29, 1.82) is 0 Å². The summed E-state index contributed by atoms with van der Waals surface area (Å²) in [5.74, 6) is 0.256. The molecule has 0 radical (unpaired) electrons. The molecule has 0 amide bonds. The Morgan fingerprint density at radius 2 is 1.83 bits per heavy atom. The second-order valence-electron chi connectivity index (χ2n) is 2.55. The maximum atomic E-state index is 9.10. The van der Waals surface area contributed by atoms with Crippen molar-refractivity contribution >= 4 is 10.8 Å². The van der Waals surface area contributed by atoms with E-state index in [-0.39, 0.29) is 11.5 Å². The van der Waals surface area contributed by atoms with Crippen LogP contribution in [0.4, 0.5) is 0 Å². The summed E-state index contributed by atoms with van der Waals surface area (Å²) in [5.41, 5.74) is 0. The van der Waals surface area contributed by atoms with Gasteiger partial charge in [-0.3, -0.25) is 0 Å². The molecule has 0 aliphatic carbocycles.